The average molecular weight is 391 g/mol. The van der Waals surface area contributed by atoms with E-state index in [0.717, 1.165) is 17.8 Å². The molecule has 1 aromatic carbocycles. The van der Waals surface area contributed by atoms with Gasteiger partial charge in [0.25, 0.3) is 5.56 Å². The summed E-state index contributed by atoms with van der Waals surface area (Å²) < 4.78 is 15.7. The largest absolute Gasteiger partial charge is 0.340 e. The first-order valence-corrected chi connectivity index (χ1v) is 9.53. The monoisotopic (exact) mass is 390 g/mol. The van der Waals surface area contributed by atoms with Crippen molar-refractivity contribution in [2.24, 2.45) is 5.92 Å². The van der Waals surface area contributed by atoms with Gasteiger partial charge in [-0.05, 0) is 29.7 Å². The smallest absolute Gasteiger partial charge is 0.260 e. The molecule has 0 aliphatic carbocycles. The lowest BCUT2D eigenvalue weighted by molar-refractivity contribution is -0.137. The Hall–Kier alpha value is -2.18. The molecule has 26 heavy (non-hydrogen) atoms. The fourth-order valence-electron chi connectivity index (χ4n) is 3.23. The number of rotatable bonds is 3. The molecule has 1 fully saturated rings. The van der Waals surface area contributed by atoms with Crippen LogP contribution in [0.4, 0.5) is 4.39 Å². The maximum atomic E-state index is 13.4. The Morgan fingerprint density at radius 1 is 1.35 bits per heavy atom. The van der Waals surface area contributed by atoms with E-state index in [1.54, 1.807) is 17.2 Å². The van der Waals surface area contributed by atoms with Crippen molar-refractivity contribution in [1.29, 1.82) is 0 Å². The predicted molar refractivity (Wildman–Crippen MR) is 102 cm³/mol. The molecule has 0 radical (unpaired) electrons. The molecule has 3 aromatic rings. The van der Waals surface area contributed by atoms with Gasteiger partial charge < -0.3 is 9.47 Å². The normalized spacial score (nSPS) is 14.7. The number of carbonyl (C=O) groups excluding carboxylic acids is 1. The van der Waals surface area contributed by atoms with Gasteiger partial charge in [-0.15, -0.1) is 11.3 Å². The van der Waals surface area contributed by atoms with Gasteiger partial charge in [-0.3, -0.25) is 9.59 Å². The summed E-state index contributed by atoms with van der Waals surface area (Å²) in [7, 11) is 0. The van der Waals surface area contributed by atoms with Crippen LogP contribution >= 0.6 is 22.9 Å². The van der Waals surface area contributed by atoms with Gasteiger partial charge in [0.05, 0.1) is 10.4 Å². The van der Waals surface area contributed by atoms with E-state index in [-0.39, 0.29) is 23.0 Å². The third kappa shape index (κ3) is 2.93. The predicted octanol–water partition coefficient (Wildman–Crippen LogP) is 4.00. The molecular formula is C19H16ClFN2O2S. The minimum Gasteiger partial charge on any atom is -0.340 e. The molecule has 134 valence electrons. The number of carbonyl (C=O) groups is 1. The molecule has 1 amide bonds. The van der Waals surface area contributed by atoms with Crippen molar-refractivity contribution in [2.45, 2.75) is 13.5 Å². The second-order valence-corrected chi connectivity index (χ2v) is 7.99. The van der Waals surface area contributed by atoms with Crippen LogP contribution < -0.4 is 5.56 Å². The van der Waals surface area contributed by atoms with Crippen LogP contribution in [0.2, 0.25) is 5.02 Å². The van der Waals surface area contributed by atoms with Crippen LogP contribution in [0.1, 0.15) is 6.92 Å². The van der Waals surface area contributed by atoms with E-state index >= 15 is 0 Å². The third-order valence-electron chi connectivity index (χ3n) is 4.65. The Labute approximate surface area is 158 Å². The van der Waals surface area contributed by atoms with Crippen LogP contribution in [0.5, 0.6) is 0 Å². The number of thiophene rings is 1. The van der Waals surface area contributed by atoms with E-state index in [9.17, 15) is 14.0 Å². The number of halogens is 2. The molecule has 0 atom stereocenters. The third-order valence-corrected chi connectivity index (χ3v) is 5.89. The van der Waals surface area contributed by atoms with Crippen molar-refractivity contribution in [3.63, 3.8) is 0 Å². The Bertz CT molecular complexity index is 1070. The van der Waals surface area contributed by atoms with Gasteiger partial charge in [0.1, 0.15) is 12.4 Å². The zero-order valence-corrected chi connectivity index (χ0v) is 15.6. The highest BCUT2D eigenvalue weighted by Gasteiger charge is 2.27. The standard InChI is InChI=1S/C19H16ClFN2O2S/c1-11-7-23(8-11)17(24)9-22-5-4-16-18(19(22)25)13(10-26-16)12-2-3-15(21)14(20)6-12/h2-6,10-11H,7-9H2,1H3. The van der Waals surface area contributed by atoms with Crippen LogP contribution in [0.25, 0.3) is 21.2 Å². The number of likely N-dealkylation sites (tertiary alicyclic amines) is 1. The number of fused-ring (bicyclic) bond motifs is 1. The average Bonchev–Trinajstić information content (AvgIpc) is 3.02. The number of hydrogen-bond donors (Lipinski definition) is 0. The van der Waals surface area contributed by atoms with Gasteiger partial charge in [0.2, 0.25) is 5.91 Å². The fourth-order valence-corrected chi connectivity index (χ4v) is 4.37. The van der Waals surface area contributed by atoms with E-state index in [4.69, 9.17) is 11.6 Å². The molecule has 0 spiro atoms. The van der Waals surface area contributed by atoms with Gasteiger partial charge in [0.15, 0.2) is 0 Å². The van der Waals surface area contributed by atoms with E-state index in [1.165, 1.54) is 28.0 Å². The molecule has 2 aromatic heterocycles. The molecule has 0 saturated carbocycles. The Morgan fingerprint density at radius 2 is 2.12 bits per heavy atom. The van der Waals surface area contributed by atoms with E-state index in [0.29, 0.717) is 22.4 Å². The number of benzene rings is 1. The lowest BCUT2D eigenvalue weighted by atomic mass is 10.0. The van der Waals surface area contributed by atoms with Crippen molar-refractivity contribution in [1.82, 2.24) is 9.47 Å². The topological polar surface area (TPSA) is 42.3 Å². The number of hydrogen-bond acceptors (Lipinski definition) is 3. The Morgan fingerprint density at radius 3 is 2.81 bits per heavy atom. The summed E-state index contributed by atoms with van der Waals surface area (Å²) in [6.45, 7) is 3.61. The number of nitrogens with zero attached hydrogens (tertiary/aromatic N) is 2. The zero-order valence-electron chi connectivity index (χ0n) is 14.0. The summed E-state index contributed by atoms with van der Waals surface area (Å²) in [6.07, 6.45) is 1.66. The first-order valence-electron chi connectivity index (χ1n) is 8.28. The van der Waals surface area contributed by atoms with Crippen molar-refractivity contribution < 1.29 is 9.18 Å². The zero-order chi connectivity index (χ0) is 18.4. The molecule has 4 rings (SSSR count). The van der Waals surface area contributed by atoms with E-state index in [1.807, 2.05) is 11.4 Å². The summed E-state index contributed by atoms with van der Waals surface area (Å²) in [6, 6.07) is 6.24. The molecule has 1 aliphatic heterocycles. The van der Waals surface area contributed by atoms with Gasteiger partial charge in [-0.2, -0.15) is 0 Å². The number of aromatic nitrogens is 1. The van der Waals surface area contributed by atoms with Crippen LogP contribution in [-0.4, -0.2) is 28.5 Å². The van der Waals surface area contributed by atoms with Gasteiger partial charge in [0, 0.05) is 34.9 Å². The van der Waals surface area contributed by atoms with Crippen LogP contribution in [-0.2, 0) is 11.3 Å². The van der Waals surface area contributed by atoms with Crippen LogP contribution in [0, 0.1) is 11.7 Å². The Balaban J connectivity index is 1.73. The number of pyridine rings is 1. The van der Waals surface area contributed by atoms with Gasteiger partial charge >= 0.3 is 0 Å². The quantitative estimate of drug-likeness (QED) is 0.678. The summed E-state index contributed by atoms with van der Waals surface area (Å²) in [5.74, 6) is -0.0299. The SMILES string of the molecule is CC1CN(C(=O)Cn2ccc3scc(-c4ccc(F)c(Cl)c4)c3c2=O)C1. The van der Waals surface area contributed by atoms with E-state index in [2.05, 4.69) is 6.92 Å². The molecule has 0 unspecified atom stereocenters. The maximum Gasteiger partial charge on any atom is 0.260 e. The van der Waals surface area contributed by atoms with Gasteiger partial charge in [-0.25, -0.2) is 4.39 Å². The summed E-state index contributed by atoms with van der Waals surface area (Å²) >= 11 is 7.32. The summed E-state index contributed by atoms with van der Waals surface area (Å²) in [5, 5.41) is 2.41. The second-order valence-electron chi connectivity index (χ2n) is 6.67. The van der Waals surface area contributed by atoms with Gasteiger partial charge in [-0.1, -0.05) is 24.6 Å². The molecule has 3 heterocycles. The fraction of sp³-hybridized carbons (Fsp3) is 0.263. The van der Waals surface area contributed by atoms with Crippen molar-refractivity contribution >= 4 is 38.9 Å². The van der Waals surface area contributed by atoms with Crippen molar-refractivity contribution in [2.75, 3.05) is 13.1 Å². The molecule has 0 N–H and O–H groups in total. The lowest BCUT2D eigenvalue weighted by Crippen LogP contribution is -2.50. The lowest BCUT2D eigenvalue weighted by Gasteiger charge is -2.37. The second kappa shape index (κ2) is 6.52. The minimum absolute atomic E-state index is 0.0141. The maximum absolute atomic E-state index is 13.4. The Kier molecular flexibility index (Phi) is 4.32. The first-order chi connectivity index (χ1) is 12.4. The van der Waals surface area contributed by atoms with Crippen molar-refractivity contribution in [3.05, 3.63) is 57.0 Å². The highest BCUT2D eigenvalue weighted by molar-refractivity contribution is 7.17. The molecule has 1 aliphatic rings. The molecular weight excluding hydrogens is 375 g/mol. The molecule has 1 saturated heterocycles. The highest BCUT2D eigenvalue weighted by Crippen LogP contribution is 2.33. The molecule has 7 heteroatoms. The van der Waals surface area contributed by atoms with E-state index < -0.39 is 5.82 Å². The molecule has 4 nitrogen and oxygen atoms in total. The summed E-state index contributed by atoms with van der Waals surface area (Å²) in [5.41, 5.74) is 1.16. The minimum atomic E-state index is -0.498. The van der Waals surface area contributed by atoms with Crippen LogP contribution in [0.15, 0.2) is 40.6 Å². The van der Waals surface area contributed by atoms with Crippen molar-refractivity contribution in [3.8, 4) is 11.1 Å². The highest BCUT2D eigenvalue weighted by atomic mass is 35.5. The number of amides is 1. The van der Waals surface area contributed by atoms with Crippen LogP contribution in [0.3, 0.4) is 0 Å². The first kappa shape index (κ1) is 17.2. The molecule has 0 bridgehead atoms. The summed E-state index contributed by atoms with van der Waals surface area (Å²) in [4.78, 5) is 27.0.